The maximum absolute atomic E-state index is 14.2. The lowest BCUT2D eigenvalue weighted by Gasteiger charge is -2.26. The maximum atomic E-state index is 14.2. The van der Waals surface area contributed by atoms with Gasteiger partial charge in [-0.1, -0.05) is 6.42 Å². The minimum absolute atomic E-state index is 0.0172. The third-order valence-electron chi connectivity index (χ3n) is 4.02. The number of hydrogen-bond donors (Lipinski definition) is 1. The first-order valence-corrected chi connectivity index (χ1v) is 10.3. The molecule has 1 aliphatic heterocycles. The molecule has 0 atom stereocenters. The Kier molecular flexibility index (Phi) is 5.48. The van der Waals surface area contributed by atoms with Crippen LogP contribution in [-0.2, 0) is 10.0 Å². The predicted molar refractivity (Wildman–Crippen MR) is 95.7 cm³/mol. The molecular weight excluding hydrogens is 399 g/mol. The van der Waals surface area contributed by atoms with Gasteiger partial charge in [0.2, 0.25) is 10.0 Å². The van der Waals surface area contributed by atoms with Crippen molar-refractivity contribution >= 4 is 37.4 Å². The number of rotatable bonds is 5. The quantitative estimate of drug-likeness (QED) is 0.593. The Morgan fingerprint density at radius 1 is 1.30 bits per heavy atom. The summed E-state index contributed by atoms with van der Waals surface area (Å²) in [7, 11) is -4.05. The molecule has 27 heavy (non-hydrogen) atoms. The van der Waals surface area contributed by atoms with Crippen molar-refractivity contribution in [3.8, 4) is 0 Å². The molecule has 1 aromatic heterocycles. The molecule has 0 bridgehead atoms. The number of anilines is 1. The normalized spacial score (nSPS) is 15.4. The second-order valence-corrected chi connectivity index (χ2v) is 8.74. The van der Waals surface area contributed by atoms with E-state index in [4.69, 9.17) is 0 Å². The van der Waals surface area contributed by atoms with Crippen LogP contribution in [-0.4, -0.2) is 41.6 Å². The van der Waals surface area contributed by atoms with E-state index in [0.717, 1.165) is 30.8 Å². The van der Waals surface area contributed by atoms with Crippen molar-refractivity contribution in [1.29, 1.82) is 0 Å². The van der Waals surface area contributed by atoms with Crippen LogP contribution in [0.2, 0.25) is 0 Å². The van der Waals surface area contributed by atoms with Crippen LogP contribution < -0.4 is 5.32 Å². The molecule has 9 nitrogen and oxygen atoms in total. The van der Waals surface area contributed by atoms with E-state index in [9.17, 15) is 27.7 Å². The van der Waals surface area contributed by atoms with Crippen molar-refractivity contribution in [2.24, 2.45) is 0 Å². The molecule has 0 saturated carbocycles. The van der Waals surface area contributed by atoms with Crippen LogP contribution in [0.15, 0.2) is 29.3 Å². The number of hydrogen-bond acceptors (Lipinski definition) is 7. The largest absolute Gasteiger partial charge is 0.345 e. The number of carbonyl (C=O) groups excluding carboxylic acids is 1. The van der Waals surface area contributed by atoms with Gasteiger partial charge in [-0.15, -0.1) is 0 Å². The lowest BCUT2D eigenvalue weighted by Crippen LogP contribution is -2.36. The molecule has 2 heterocycles. The highest BCUT2D eigenvalue weighted by Crippen LogP contribution is 2.27. The topological polar surface area (TPSA) is 123 Å². The predicted octanol–water partition coefficient (Wildman–Crippen LogP) is 2.62. The van der Waals surface area contributed by atoms with Crippen molar-refractivity contribution < 1.29 is 22.5 Å². The summed E-state index contributed by atoms with van der Waals surface area (Å²) in [4.78, 5) is 25.5. The van der Waals surface area contributed by atoms with Crippen LogP contribution >= 0.6 is 11.3 Å². The second-order valence-electron chi connectivity index (χ2n) is 5.82. The number of nitro groups is 1. The van der Waals surface area contributed by atoms with E-state index in [2.05, 4.69) is 10.3 Å². The van der Waals surface area contributed by atoms with Crippen LogP contribution in [0.4, 0.5) is 14.5 Å². The fourth-order valence-electron chi connectivity index (χ4n) is 2.66. The number of halogens is 1. The number of carbonyl (C=O) groups is 1. The summed E-state index contributed by atoms with van der Waals surface area (Å²) in [6, 6.07) is 3.02. The van der Waals surface area contributed by atoms with Crippen LogP contribution in [0.25, 0.3) is 0 Å². The SMILES string of the molecule is O=C(Nc1ncc([N+](=O)[O-])s1)c1ccc(F)c(S(=O)(=O)N2CCCCC2)c1. The van der Waals surface area contributed by atoms with E-state index in [-0.39, 0.29) is 15.7 Å². The van der Waals surface area contributed by atoms with Crippen LogP contribution in [0.3, 0.4) is 0 Å². The first-order chi connectivity index (χ1) is 12.8. The molecule has 144 valence electrons. The number of amides is 1. The molecule has 3 rings (SSSR count). The minimum Gasteiger partial charge on any atom is -0.298 e. The van der Waals surface area contributed by atoms with Crippen LogP contribution in [0.1, 0.15) is 29.6 Å². The Labute approximate surface area is 158 Å². The summed E-state index contributed by atoms with van der Waals surface area (Å²) in [5.41, 5.74) is -0.0927. The van der Waals surface area contributed by atoms with Gasteiger partial charge in [0.1, 0.15) is 16.9 Å². The van der Waals surface area contributed by atoms with Crippen molar-refractivity contribution in [2.45, 2.75) is 24.2 Å². The average molecular weight is 414 g/mol. The molecule has 1 amide bonds. The summed E-state index contributed by atoms with van der Waals surface area (Å²) in [6.07, 6.45) is 3.31. The number of benzene rings is 1. The molecule has 0 radical (unpaired) electrons. The van der Waals surface area contributed by atoms with E-state index >= 15 is 0 Å². The number of aromatic nitrogens is 1. The molecular formula is C15H15FN4O5S2. The van der Waals surface area contributed by atoms with Crippen LogP contribution in [0, 0.1) is 15.9 Å². The Balaban J connectivity index is 1.85. The van der Waals surface area contributed by atoms with Gasteiger partial charge in [-0.3, -0.25) is 20.2 Å². The average Bonchev–Trinajstić information content (AvgIpc) is 3.11. The summed E-state index contributed by atoms with van der Waals surface area (Å²) in [6.45, 7) is 0.613. The Bertz CT molecular complexity index is 986. The molecule has 2 aromatic rings. The lowest BCUT2D eigenvalue weighted by molar-refractivity contribution is -0.380. The van der Waals surface area contributed by atoms with Gasteiger partial charge >= 0.3 is 5.00 Å². The van der Waals surface area contributed by atoms with Gasteiger partial charge in [0.15, 0.2) is 5.13 Å². The third kappa shape index (κ3) is 4.12. The summed E-state index contributed by atoms with van der Waals surface area (Å²) in [5.74, 6) is -1.68. The number of sulfonamides is 1. The third-order valence-corrected chi connectivity index (χ3v) is 6.80. The monoisotopic (exact) mass is 414 g/mol. The molecule has 1 aromatic carbocycles. The zero-order chi connectivity index (χ0) is 19.6. The number of nitrogens with zero attached hydrogens (tertiary/aromatic N) is 3. The van der Waals surface area contributed by atoms with E-state index < -0.39 is 31.6 Å². The highest BCUT2D eigenvalue weighted by Gasteiger charge is 2.29. The molecule has 12 heteroatoms. The number of thiazole rings is 1. The van der Waals surface area contributed by atoms with Crippen molar-refractivity contribution in [1.82, 2.24) is 9.29 Å². The smallest absolute Gasteiger partial charge is 0.298 e. The highest BCUT2D eigenvalue weighted by atomic mass is 32.2. The Morgan fingerprint density at radius 3 is 2.63 bits per heavy atom. The van der Waals surface area contributed by atoms with E-state index in [1.54, 1.807) is 0 Å². The maximum Gasteiger partial charge on any atom is 0.345 e. The zero-order valence-corrected chi connectivity index (χ0v) is 15.6. The fraction of sp³-hybridized carbons (Fsp3) is 0.333. The molecule has 0 aliphatic carbocycles. The summed E-state index contributed by atoms with van der Waals surface area (Å²) in [5, 5.41) is 12.7. The zero-order valence-electron chi connectivity index (χ0n) is 13.9. The van der Waals surface area contributed by atoms with Gasteiger partial charge in [-0.25, -0.2) is 17.8 Å². The van der Waals surface area contributed by atoms with Gasteiger partial charge in [0, 0.05) is 18.7 Å². The summed E-state index contributed by atoms with van der Waals surface area (Å²) >= 11 is 0.657. The molecule has 1 aliphatic rings. The first-order valence-electron chi connectivity index (χ1n) is 8.00. The first kappa shape index (κ1) is 19.3. The van der Waals surface area contributed by atoms with Gasteiger partial charge in [0.05, 0.1) is 4.92 Å². The molecule has 1 fully saturated rings. The number of nitrogens with one attached hydrogen (secondary N) is 1. The number of piperidine rings is 1. The van der Waals surface area contributed by atoms with Crippen molar-refractivity contribution in [3.05, 3.63) is 45.9 Å². The molecule has 1 saturated heterocycles. The van der Waals surface area contributed by atoms with Gasteiger partial charge in [-0.2, -0.15) is 4.31 Å². The van der Waals surface area contributed by atoms with Gasteiger partial charge in [0.25, 0.3) is 5.91 Å². The Hall–Kier alpha value is -2.44. The van der Waals surface area contributed by atoms with E-state index in [1.807, 2.05) is 0 Å². The Morgan fingerprint density at radius 2 is 2.00 bits per heavy atom. The molecule has 1 N–H and O–H groups in total. The standard InChI is InChI=1S/C15H15FN4O5S2/c16-11-5-4-10(14(21)18-15-17-9-13(26-15)20(22)23)8-12(11)27(24,25)19-6-2-1-3-7-19/h4-5,8-9H,1-3,6-7H2,(H,17,18,21). The lowest BCUT2D eigenvalue weighted by atomic mass is 10.2. The van der Waals surface area contributed by atoms with Crippen molar-refractivity contribution in [3.63, 3.8) is 0 Å². The van der Waals surface area contributed by atoms with Gasteiger partial charge < -0.3 is 0 Å². The van der Waals surface area contributed by atoms with E-state index in [0.29, 0.717) is 37.3 Å². The van der Waals surface area contributed by atoms with Crippen molar-refractivity contribution in [2.75, 3.05) is 18.4 Å². The summed E-state index contributed by atoms with van der Waals surface area (Å²) < 4.78 is 40.8. The van der Waals surface area contributed by atoms with Crippen LogP contribution in [0.5, 0.6) is 0 Å². The van der Waals surface area contributed by atoms with Gasteiger partial charge in [-0.05, 0) is 42.4 Å². The second kappa shape index (κ2) is 7.66. The fourth-order valence-corrected chi connectivity index (χ4v) is 4.90. The molecule has 0 unspecified atom stereocenters. The molecule has 0 spiro atoms. The highest BCUT2D eigenvalue weighted by molar-refractivity contribution is 7.89. The minimum atomic E-state index is -4.05. The van der Waals surface area contributed by atoms with E-state index in [1.165, 1.54) is 4.31 Å².